The molecule has 0 unspecified atom stereocenters. The summed E-state index contributed by atoms with van der Waals surface area (Å²) in [4.78, 5) is 10.1. The number of nitrogens with one attached hydrogen (secondary N) is 1. The first-order valence-corrected chi connectivity index (χ1v) is 4.50. The fourth-order valence-electron chi connectivity index (χ4n) is 0.352. The molecule has 0 aliphatic carbocycles. The molecule has 1 fully saturated rings. The summed E-state index contributed by atoms with van der Waals surface area (Å²) < 4.78 is 24.9. The van der Waals surface area contributed by atoms with E-state index in [2.05, 4.69) is 11.6 Å². The normalized spacial score (nSPS) is 18.3. The van der Waals surface area contributed by atoms with Gasteiger partial charge in [0.25, 0.3) is 0 Å². The van der Waals surface area contributed by atoms with Crippen molar-refractivity contribution in [1.82, 2.24) is 4.72 Å². The van der Waals surface area contributed by atoms with Gasteiger partial charge in [-0.2, -0.15) is 6.42 Å². The molecular weight excluding hydrogens is 257 g/mol. The second kappa shape index (κ2) is 6.94. The predicted octanol–water partition coefficient (Wildman–Crippen LogP) is -0.0373. The van der Waals surface area contributed by atoms with Gasteiger partial charge in [0.05, 0.1) is 12.5 Å². The molecule has 69 valence electrons. The summed E-state index contributed by atoms with van der Waals surface area (Å²) in [5.74, 6) is -0.634. The van der Waals surface area contributed by atoms with E-state index in [1.807, 2.05) is 11.6 Å². The zero-order chi connectivity index (χ0) is 8.91. The minimum atomic E-state index is -3.57. The van der Waals surface area contributed by atoms with E-state index in [0.29, 0.717) is 0 Å². The largest absolute Gasteiger partial charge is 0.532 e. The van der Waals surface area contributed by atoms with Gasteiger partial charge in [-0.05, 0) is 0 Å². The van der Waals surface area contributed by atoms with Crippen LogP contribution in [0.5, 0.6) is 0 Å². The van der Waals surface area contributed by atoms with Crippen molar-refractivity contribution in [2.45, 2.75) is 13.3 Å². The molecule has 7 heteroatoms. The molecule has 0 atom stereocenters. The molecule has 1 heterocycles. The second-order valence-corrected chi connectivity index (χ2v) is 3.20. The van der Waals surface area contributed by atoms with Gasteiger partial charge in [-0.1, -0.05) is 6.92 Å². The van der Waals surface area contributed by atoms with Crippen LogP contribution < -0.4 is 4.72 Å². The molecule has 1 N–H and O–H groups in total. The third-order valence-corrected chi connectivity index (χ3v) is 1.58. The van der Waals surface area contributed by atoms with Crippen molar-refractivity contribution in [3.63, 3.8) is 0 Å². The molecule has 1 aliphatic heterocycles. The molecule has 0 spiro atoms. The maximum atomic E-state index is 10.1. The molecular formula is C5H10N2O3SY-2. The van der Waals surface area contributed by atoms with Crippen molar-refractivity contribution < 1.29 is 45.9 Å². The number of hydrogen-bond acceptors (Lipinski definition) is 3. The van der Waals surface area contributed by atoms with Crippen LogP contribution in [0.4, 0.5) is 0 Å². The average molecular weight is 267 g/mol. The van der Waals surface area contributed by atoms with E-state index in [1.54, 1.807) is 0 Å². The van der Waals surface area contributed by atoms with E-state index in [9.17, 15) is 13.2 Å². The Morgan fingerprint density at radius 2 is 2.08 bits per heavy atom. The third-order valence-electron chi connectivity index (χ3n) is 0.628. The van der Waals surface area contributed by atoms with Gasteiger partial charge in [0, 0.05) is 32.7 Å². The number of rotatable bonds is 0. The van der Waals surface area contributed by atoms with Crippen molar-refractivity contribution >= 4 is 16.1 Å². The standard InChI is InChI=1S/C3H7.C2H4N2O3S.Y/c1-3-2;5-2-1-3-8(6,7)4-2;/h1,3H2,2H3;3H,1H2,(H,4,5);/q-1;;/p-1. The minimum Gasteiger partial charge on any atom is -0.532 e. The van der Waals surface area contributed by atoms with Gasteiger partial charge in [-0.3, -0.25) is 0 Å². The number of nitrogens with zero attached hydrogens (tertiary/aromatic N) is 1. The minimum absolute atomic E-state index is 0. The average Bonchev–Trinajstić information content (AvgIpc) is 2.11. The Bertz CT molecular complexity index is 227. The van der Waals surface area contributed by atoms with Gasteiger partial charge in [0.2, 0.25) is 0 Å². The summed E-state index contributed by atoms with van der Waals surface area (Å²) in [6.07, 6.45) is 1.00. The molecule has 0 aromatic rings. The van der Waals surface area contributed by atoms with Crippen molar-refractivity contribution in [3.8, 4) is 0 Å². The SMILES string of the molecule is O=C1CNS(=O)(=O)[N-]1.[CH2-]CC.[Y]. The number of hydrogen-bond donors (Lipinski definition) is 1. The Balaban J connectivity index is 0. The van der Waals surface area contributed by atoms with Crippen LogP contribution in [-0.2, 0) is 47.7 Å². The van der Waals surface area contributed by atoms with E-state index in [0.717, 1.165) is 6.42 Å². The Labute approximate surface area is 97.7 Å². The van der Waals surface area contributed by atoms with Gasteiger partial charge in [-0.25, -0.2) is 13.1 Å². The molecule has 1 rings (SSSR count). The van der Waals surface area contributed by atoms with Crippen LogP contribution in [-0.4, -0.2) is 20.9 Å². The molecule has 1 radical (unpaired) electrons. The number of amides is 1. The Hall–Kier alpha value is 0.484. The second-order valence-electron chi connectivity index (χ2n) is 1.78. The van der Waals surface area contributed by atoms with E-state index in [4.69, 9.17) is 0 Å². The van der Waals surface area contributed by atoms with Gasteiger partial charge in [0.1, 0.15) is 0 Å². The first-order valence-electron chi connectivity index (χ1n) is 3.06. The van der Waals surface area contributed by atoms with Gasteiger partial charge < -0.3 is 16.4 Å². The maximum Gasteiger partial charge on any atom is 0.159 e. The molecule has 1 amide bonds. The summed E-state index contributed by atoms with van der Waals surface area (Å²) >= 11 is 0. The molecule has 0 aromatic heterocycles. The zero-order valence-corrected chi connectivity index (χ0v) is 10.4. The first kappa shape index (κ1) is 15.0. The third kappa shape index (κ3) is 7.15. The van der Waals surface area contributed by atoms with Crippen molar-refractivity contribution in [1.29, 1.82) is 0 Å². The van der Waals surface area contributed by atoms with Gasteiger partial charge >= 0.3 is 0 Å². The maximum absolute atomic E-state index is 10.1. The molecule has 0 bridgehead atoms. The summed E-state index contributed by atoms with van der Waals surface area (Å²) in [5.41, 5.74) is 0. The fourth-order valence-corrected chi connectivity index (χ4v) is 1.05. The smallest absolute Gasteiger partial charge is 0.159 e. The monoisotopic (exact) mass is 267 g/mol. The molecule has 1 saturated heterocycles. The summed E-state index contributed by atoms with van der Waals surface area (Å²) in [7, 11) is -3.57. The molecule has 0 aromatic carbocycles. The van der Waals surface area contributed by atoms with E-state index in [-0.39, 0.29) is 39.3 Å². The van der Waals surface area contributed by atoms with Crippen LogP contribution in [0, 0.1) is 6.92 Å². The first-order chi connectivity index (χ1) is 5.02. The van der Waals surface area contributed by atoms with Gasteiger partial charge in [0.15, 0.2) is 10.2 Å². The zero-order valence-electron chi connectivity index (χ0n) is 6.78. The summed E-state index contributed by atoms with van der Waals surface area (Å²) in [6.45, 7) is 5.31. The van der Waals surface area contributed by atoms with Crippen molar-refractivity contribution in [2.75, 3.05) is 6.54 Å². The Kier molecular flexibility index (Phi) is 8.67. The number of carbonyl (C=O) groups excluding carboxylic acids is 1. The Morgan fingerprint density at radius 3 is 2.17 bits per heavy atom. The van der Waals surface area contributed by atoms with Crippen LogP contribution in [0.3, 0.4) is 0 Å². The van der Waals surface area contributed by atoms with Crippen LogP contribution in [0.15, 0.2) is 0 Å². The molecule has 1 aliphatic rings. The summed E-state index contributed by atoms with van der Waals surface area (Å²) in [5, 5.41) is 0. The van der Waals surface area contributed by atoms with Crippen LogP contribution in [0.2, 0.25) is 0 Å². The topological polar surface area (TPSA) is 77.3 Å². The van der Waals surface area contributed by atoms with E-state index in [1.165, 1.54) is 0 Å². The predicted molar refractivity (Wildman–Crippen MR) is 40.9 cm³/mol. The van der Waals surface area contributed by atoms with Gasteiger partial charge in [-0.15, -0.1) is 0 Å². The van der Waals surface area contributed by atoms with Crippen LogP contribution >= 0.6 is 0 Å². The van der Waals surface area contributed by atoms with E-state index < -0.39 is 16.1 Å². The van der Waals surface area contributed by atoms with Crippen molar-refractivity contribution in [2.24, 2.45) is 0 Å². The van der Waals surface area contributed by atoms with Crippen molar-refractivity contribution in [3.05, 3.63) is 11.6 Å². The van der Waals surface area contributed by atoms with E-state index >= 15 is 0 Å². The quantitative estimate of drug-likeness (QED) is 0.626. The van der Waals surface area contributed by atoms with Crippen LogP contribution in [0.25, 0.3) is 4.72 Å². The van der Waals surface area contributed by atoms with Crippen LogP contribution in [0.1, 0.15) is 13.3 Å². The number of carbonyl (C=O) groups is 1. The fraction of sp³-hybridized carbons (Fsp3) is 0.600. The summed E-state index contributed by atoms with van der Waals surface area (Å²) in [6, 6.07) is 0. The Morgan fingerprint density at radius 1 is 1.67 bits per heavy atom. The molecule has 0 saturated carbocycles. The molecule has 12 heavy (non-hydrogen) atoms. The molecule has 5 nitrogen and oxygen atoms in total.